The molecule has 1 unspecified atom stereocenters. The van der Waals surface area contributed by atoms with E-state index in [0.717, 1.165) is 17.7 Å². The van der Waals surface area contributed by atoms with Gasteiger partial charge >= 0.3 is 0 Å². The smallest absolute Gasteiger partial charge is 0.262 e. The molecular formula is C19H23NO4. The molecule has 1 atom stereocenters. The van der Waals surface area contributed by atoms with E-state index in [9.17, 15) is 9.90 Å². The molecule has 0 aliphatic carbocycles. The van der Waals surface area contributed by atoms with E-state index in [1.807, 2.05) is 6.07 Å². The maximum absolute atomic E-state index is 12.0. The molecule has 24 heavy (non-hydrogen) atoms. The van der Waals surface area contributed by atoms with Crippen molar-refractivity contribution < 1.29 is 19.4 Å². The average Bonchev–Trinajstić information content (AvgIpc) is 2.61. The highest BCUT2D eigenvalue weighted by molar-refractivity contribution is 5.93. The lowest BCUT2D eigenvalue weighted by molar-refractivity contribution is -0.118. The van der Waals surface area contributed by atoms with Crippen LogP contribution in [0.4, 0.5) is 5.69 Å². The zero-order valence-electron chi connectivity index (χ0n) is 14.2. The number of anilines is 1. The molecule has 0 fully saturated rings. The third-order valence-corrected chi connectivity index (χ3v) is 3.91. The van der Waals surface area contributed by atoms with Crippen LogP contribution >= 0.6 is 0 Å². The van der Waals surface area contributed by atoms with E-state index < -0.39 is 0 Å². The molecule has 0 heterocycles. The summed E-state index contributed by atoms with van der Waals surface area (Å²) >= 11 is 0. The van der Waals surface area contributed by atoms with Crippen LogP contribution in [0, 0.1) is 0 Å². The second kappa shape index (κ2) is 8.24. The zero-order valence-corrected chi connectivity index (χ0v) is 14.2. The Labute approximate surface area is 142 Å². The molecule has 0 saturated carbocycles. The Balaban J connectivity index is 1.91. The lowest BCUT2D eigenvalue weighted by Gasteiger charge is -2.13. The van der Waals surface area contributed by atoms with Gasteiger partial charge in [-0.1, -0.05) is 19.9 Å². The fourth-order valence-corrected chi connectivity index (χ4v) is 2.20. The van der Waals surface area contributed by atoms with Crippen LogP contribution in [0.1, 0.15) is 31.7 Å². The predicted octanol–water partition coefficient (Wildman–Crippen LogP) is 3.93. The summed E-state index contributed by atoms with van der Waals surface area (Å²) in [6.07, 6.45) is 0.987. The fourth-order valence-electron chi connectivity index (χ4n) is 2.20. The summed E-state index contributed by atoms with van der Waals surface area (Å²) in [4.78, 5) is 12.0. The Morgan fingerprint density at radius 3 is 2.42 bits per heavy atom. The summed E-state index contributed by atoms with van der Waals surface area (Å²) in [5, 5.41) is 12.7. The van der Waals surface area contributed by atoms with Crippen LogP contribution in [0.15, 0.2) is 42.5 Å². The summed E-state index contributed by atoms with van der Waals surface area (Å²) in [7, 11) is 1.59. The molecule has 1 amide bonds. The molecule has 0 saturated heterocycles. The highest BCUT2D eigenvalue weighted by atomic mass is 16.5. The molecular weight excluding hydrogens is 306 g/mol. The number of hydrogen-bond acceptors (Lipinski definition) is 4. The first kappa shape index (κ1) is 17.7. The van der Waals surface area contributed by atoms with E-state index >= 15 is 0 Å². The van der Waals surface area contributed by atoms with Crippen LogP contribution in [-0.4, -0.2) is 24.7 Å². The average molecular weight is 329 g/mol. The summed E-state index contributed by atoms with van der Waals surface area (Å²) in [5.74, 6) is 1.38. The highest BCUT2D eigenvalue weighted by Gasteiger charge is 2.10. The van der Waals surface area contributed by atoms with Gasteiger partial charge in [0.15, 0.2) is 6.61 Å². The molecule has 0 aliphatic rings. The maximum Gasteiger partial charge on any atom is 0.262 e. The van der Waals surface area contributed by atoms with Gasteiger partial charge in [-0.3, -0.25) is 4.79 Å². The second-order valence-electron chi connectivity index (χ2n) is 5.60. The molecule has 128 valence electrons. The molecule has 2 rings (SSSR count). The van der Waals surface area contributed by atoms with Crippen molar-refractivity contribution in [2.24, 2.45) is 0 Å². The van der Waals surface area contributed by atoms with Crippen molar-refractivity contribution in [2.75, 3.05) is 19.0 Å². The molecule has 5 nitrogen and oxygen atoms in total. The van der Waals surface area contributed by atoms with Gasteiger partial charge in [-0.25, -0.2) is 0 Å². The van der Waals surface area contributed by atoms with E-state index in [-0.39, 0.29) is 18.3 Å². The van der Waals surface area contributed by atoms with Gasteiger partial charge in [0.05, 0.1) is 12.8 Å². The van der Waals surface area contributed by atoms with Crippen LogP contribution in [0.5, 0.6) is 17.2 Å². The monoisotopic (exact) mass is 329 g/mol. The first-order valence-electron chi connectivity index (χ1n) is 7.93. The van der Waals surface area contributed by atoms with Gasteiger partial charge in [0, 0.05) is 0 Å². The molecule has 0 spiro atoms. The summed E-state index contributed by atoms with van der Waals surface area (Å²) in [6, 6.07) is 12.3. The van der Waals surface area contributed by atoms with Crippen molar-refractivity contribution in [2.45, 2.75) is 26.2 Å². The number of carbonyl (C=O) groups is 1. The Hall–Kier alpha value is -2.69. The summed E-state index contributed by atoms with van der Waals surface area (Å²) < 4.78 is 10.5. The maximum atomic E-state index is 12.0. The van der Waals surface area contributed by atoms with Gasteiger partial charge in [0.1, 0.15) is 17.2 Å². The molecule has 0 radical (unpaired) electrons. The standard InChI is InChI=1S/C19H23NO4/c1-4-13(2)14-5-10-17(18(21)11-14)20-19(22)12-24-16-8-6-15(23-3)7-9-16/h5-11,13,21H,4,12H2,1-3H3,(H,20,22). The number of hydrogen-bond donors (Lipinski definition) is 2. The van der Waals surface area contributed by atoms with E-state index in [4.69, 9.17) is 9.47 Å². The van der Waals surface area contributed by atoms with Gasteiger partial charge in [-0.05, 0) is 54.3 Å². The fraction of sp³-hybridized carbons (Fsp3) is 0.316. The van der Waals surface area contributed by atoms with Gasteiger partial charge < -0.3 is 19.9 Å². The minimum atomic E-state index is -0.336. The highest BCUT2D eigenvalue weighted by Crippen LogP contribution is 2.29. The number of carbonyl (C=O) groups excluding carboxylic acids is 1. The first-order valence-corrected chi connectivity index (χ1v) is 7.93. The molecule has 2 aromatic carbocycles. The van der Waals surface area contributed by atoms with E-state index in [1.54, 1.807) is 43.5 Å². The second-order valence-corrected chi connectivity index (χ2v) is 5.60. The lowest BCUT2D eigenvalue weighted by atomic mass is 9.98. The molecule has 5 heteroatoms. The topological polar surface area (TPSA) is 67.8 Å². The third-order valence-electron chi connectivity index (χ3n) is 3.91. The van der Waals surface area contributed by atoms with E-state index in [0.29, 0.717) is 17.4 Å². The van der Waals surface area contributed by atoms with E-state index in [1.165, 1.54) is 0 Å². The van der Waals surface area contributed by atoms with Crippen LogP contribution in [0.3, 0.4) is 0 Å². The molecule has 2 N–H and O–H groups in total. The van der Waals surface area contributed by atoms with E-state index in [2.05, 4.69) is 19.2 Å². The Morgan fingerprint density at radius 2 is 1.83 bits per heavy atom. The third kappa shape index (κ3) is 4.65. The van der Waals surface area contributed by atoms with Gasteiger partial charge in [0.2, 0.25) is 0 Å². The number of nitrogens with one attached hydrogen (secondary N) is 1. The number of rotatable bonds is 7. The number of methoxy groups -OCH3 is 1. The van der Waals surface area contributed by atoms with Crippen LogP contribution in [0.25, 0.3) is 0 Å². The number of phenolic OH excluding ortho intramolecular Hbond substituents is 1. The largest absolute Gasteiger partial charge is 0.506 e. The van der Waals surface area contributed by atoms with Crippen molar-refractivity contribution >= 4 is 11.6 Å². The normalized spacial score (nSPS) is 11.6. The molecule has 0 bridgehead atoms. The van der Waals surface area contributed by atoms with Crippen LogP contribution < -0.4 is 14.8 Å². The van der Waals surface area contributed by atoms with Crippen molar-refractivity contribution in [1.82, 2.24) is 0 Å². The Morgan fingerprint density at radius 1 is 1.17 bits per heavy atom. The van der Waals surface area contributed by atoms with Gasteiger partial charge in [-0.2, -0.15) is 0 Å². The zero-order chi connectivity index (χ0) is 17.5. The van der Waals surface area contributed by atoms with Crippen molar-refractivity contribution in [1.29, 1.82) is 0 Å². The molecule has 0 aliphatic heterocycles. The minimum Gasteiger partial charge on any atom is -0.506 e. The van der Waals surface area contributed by atoms with Gasteiger partial charge in [-0.15, -0.1) is 0 Å². The summed E-state index contributed by atoms with van der Waals surface area (Å²) in [6.45, 7) is 4.04. The number of aromatic hydroxyl groups is 1. The van der Waals surface area contributed by atoms with Crippen molar-refractivity contribution in [3.8, 4) is 17.2 Å². The predicted molar refractivity (Wildman–Crippen MR) is 93.9 cm³/mol. The van der Waals surface area contributed by atoms with Crippen LogP contribution in [-0.2, 0) is 4.79 Å². The quantitative estimate of drug-likeness (QED) is 0.755. The number of amides is 1. The molecule has 2 aromatic rings. The Kier molecular flexibility index (Phi) is 6.07. The Bertz CT molecular complexity index is 682. The van der Waals surface area contributed by atoms with Crippen molar-refractivity contribution in [3.05, 3.63) is 48.0 Å². The first-order chi connectivity index (χ1) is 11.5. The minimum absolute atomic E-state index is 0.0607. The SMILES string of the molecule is CCC(C)c1ccc(NC(=O)COc2ccc(OC)cc2)c(O)c1. The lowest BCUT2D eigenvalue weighted by Crippen LogP contribution is -2.20. The molecule has 0 aromatic heterocycles. The van der Waals surface area contributed by atoms with Crippen LogP contribution in [0.2, 0.25) is 0 Å². The van der Waals surface area contributed by atoms with Gasteiger partial charge in [0.25, 0.3) is 5.91 Å². The number of phenols is 1. The number of benzene rings is 2. The number of ether oxygens (including phenoxy) is 2. The summed E-state index contributed by atoms with van der Waals surface area (Å²) in [5.41, 5.74) is 1.42. The van der Waals surface area contributed by atoms with Crippen molar-refractivity contribution in [3.63, 3.8) is 0 Å².